The number of benzene rings is 2. The van der Waals surface area contributed by atoms with E-state index in [9.17, 15) is 4.79 Å². The molecule has 3 heterocycles. The second-order valence-corrected chi connectivity index (χ2v) is 9.90. The second kappa shape index (κ2) is 8.62. The van der Waals surface area contributed by atoms with E-state index in [-0.39, 0.29) is 18.1 Å². The third kappa shape index (κ3) is 3.82. The summed E-state index contributed by atoms with van der Waals surface area (Å²) in [5.41, 5.74) is 2.97. The van der Waals surface area contributed by atoms with E-state index in [1.807, 2.05) is 50.3 Å². The van der Waals surface area contributed by atoms with Gasteiger partial charge in [0.1, 0.15) is 23.2 Å². The lowest BCUT2D eigenvalue weighted by Gasteiger charge is -2.39. The van der Waals surface area contributed by atoms with E-state index in [0.717, 1.165) is 40.5 Å². The molecule has 178 valence electrons. The van der Waals surface area contributed by atoms with Crippen LogP contribution < -0.4 is 15.1 Å². The third-order valence-corrected chi connectivity index (χ3v) is 6.87. The Morgan fingerprint density at radius 2 is 1.85 bits per heavy atom. The van der Waals surface area contributed by atoms with Crippen molar-refractivity contribution in [2.75, 3.05) is 6.61 Å². The van der Waals surface area contributed by atoms with Crippen molar-refractivity contribution in [3.05, 3.63) is 64.0 Å². The van der Waals surface area contributed by atoms with Gasteiger partial charge in [-0.2, -0.15) is 0 Å². The Morgan fingerprint density at radius 3 is 2.59 bits per heavy atom. The molecule has 2 aliphatic heterocycles. The smallest absolute Gasteiger partial charge is 0.336 e. The summed E-state index contributed by atoms with van der Waals surface area (Å²) in [4.78, 5) is 12.9. The Morgan fingerprint density at radius 1 is 1.09 bits per heavy atom. The standard InChI is InChI=1S/C29H32O5/c1-6-7-15-31-25-17(2)18(3)32-26-20-13-14-29(4,5)34-27(20)23-21(19-11-9-8-10-12-19)16-22(30)33-28(23)24(25)26/h8-14,16-18,25H,6-7,15H2,1-5H3. The van der Waals surface area contributed by atoms with Gasteiger partial charge in [0, 0.05) is 24.2 Å². The maximum absolute atomic E-state index is 12.9. The first-order valence-corrected chi connectivity index (χ1v) is 12.2. The molecular weight excluding hydrogens is 428 g/mol. The van der Waals surface area contributed by atoms with Crippen LogP contribution in [-0.4, -0.2) is 18.3 Å². The fourth-order valence-corrected chi connectivity index (χ4v) is 4.86. The van der Waals surface area contributed by atoms with Crippen molar-refractivity contribution in [3.8, 4) is 22.6 Å². The third-order valence-electron chi connectivity index (χ3n) is 6.87. The van der Waals surface area contributed by atoms with Crippen LogP contribution in [0.5, 0.6) is 11.5 Å². The van der Waals surface area contributed by atoms with E-state index in [2.05, 4.69) is 26.8 Å². The topological polar surface area (TPSA) is 57.9 Å². The van der Waals surface area contributed by atoms with Gasteiger partial charge in [-0.3, -0.25) is 0 Å². The van der Waals surface area contributed by atoms with Crippen molar-refractivity contribution < 1.29 is 18.6 Å². The van der Waals surface area contributed by atoms with Crippen LogP contribution in [0.3, 0.4) is 0 Å². The van der Waals surface area contributed by atoms with Crippen molar-refractivity contribution in [1.29, 1.82) is 0 Å². The summed E-state index contributed by atoms with van der Waals surface area (Å²) in [7, 11) is 0. The van der Waals surface area contributed by atoms with Crippen LogP contribution in [0.1, 0.15) is 64.7 Å². The molecule has 0 aliphatic carbocycles. The number of rotatable bonds is 5. The number of fused-ring (bicyclic) bond motifs is 6. The summed E-state index contributed by atoms with van der Waals surface area (Å²) in [5, 5.41) is 0.784. The molecule has 1 aromatic heterocycles. The average Bonchev–Trinajstić information content (AvgIpc) is 2.81. The summed E-state index contributed by atoms with van der Waals surface area (Å²) in [6.07, 6.45) is 5.81. The van der Waals surface area contributed by atoms with Crippen LogP contribution in [0.25, 0.3) is 28.2 Å². The van der Waals surface area contributed by atoms with Crippen molar-refractivity contribution in [2.24, 2.45) is 5.92 Å². The lowest BCUT2D eigenvalue weighted by Crippen LogP contribution is -2.35. The molecule has 3 aromatic rings. The van der Waals surface area contributed by atoms with Crippen molar-refractivity contribution in [2.45, 2.75) is 65.3 Å². The fourth-order valence-electron chi connectivity index (χ4n) is 4.86. The fraction of sp³-hybridized carbons (Fsp3) is 0.414. The Kier molecular flexibility index (Phi) is 5.76. The Balaban J connectivity index is 1.88. The van der Waals surface area contributed by atoms with E-state index in [1.165, 1.54) is 0 Å². The Bertz CT molecular complexity index is 1300. The van der Waals surface area contributed by atoms with Gasteiger partial charge in [-0.25, -0.2) is 4.79 Å². The van der Waals surface area contributed by atoms with Crippen LogP contribution in [0, 0.1) is 5.92 Å². The van der Waals surface area contributed by atoms with Crippen LogP contribution >= 0.6 is 0 Å². The summed E-state index contributed by atoms with van der Waals surface area (Å²) in [6, 6.07) is 11.5. The zero-order valence-electron chi connectivity index (χ0n) is 20.5. The lowest BCUT2D eigenvalue weighted by molar-refractivity contribution is -0.0385. The molecule has 0 spiro atoms. The quantitative estimate of drug-likeness (QED) is 0.306. The molecule has 0 fully saturated rings. The highest BCUT2D eigenvalue weighted by atomic mass is 16.5. The molecule has 5 nitrogen and oxygen atoms in total. The maximum atomic E-state index is 12.9. The molecule has 2 aliphatic rings. The van der Waals surface area contributed by atoms with Gasteiger partial charge in [0.05, 0.1) is 22.6 Å². The average molecular weight is 461 g/mol. The van der Waals surface area contributed by atoms with Gasteiger partial charge in [-0.05, 0) is 44.9 Å². The van der Waals surface area contributed by atoms with Gasteiger partial charge in [0.25, 0.3) is 0 Å². The van der Waals surface area contributed by atoms with Crippen molar-refractivity contribution in [1.82, 2.24) is 0 Å². The molecular formula is C29H32O5. The predicted octanol–water partition coefficient (Wildman–Crippen LogP) is 6.92. The molecule has 3 unspecified atom stereocenters. The minimum atomic E-state index is -0.511. The van der Waals surface area contributed by atoms with E-state index in [1.54, 1.807) is 6.07 Å². The number of ether oxygens (including phenoxy) is 3. The monoisotopic (exact) mass is 460 g/mol. The molecule has 0 radical (unpaired) electrons. The number of hydrogen-bond donors (Lipinski definition) is 0. The van der Waals surface area contributed by atoms with E-state index in [0.29, 0.717) is 23.7 Å². The van der Waals surface area contributed by atoms with Crippen LogP contribution in [0.4, 0.5) is 0 Å². The van der Waals surface area contributed by atoms with Gasteiger partial charge in [0.2, 0.25) is 0 Å². The van der Waals surface area contributed by atoms with Gasteiger partial charge >= 0.3 is 5.63 Å². The van der Waals surface area contributed by atoms with Gasteiger partial charge in [0.15, 0.2) is 5.58 Å². The minimum absolute atomic E-state index is 0.0620. The molecule has 0 amide bonds. The summed E-state index contributed by atoms with van der Waals surface area (Å²) < 4.78 is 25.4. The molecule has 0 bridgehead atoms. The van der Waals surface area contributed by atoms with E-state index < -0.39 is 11.2 Å². The van der Waals surface area contributed by atoms with Crippen LogP contribution in [0.15, 0.2) is 51.7 Å². The SMILES string of the molecule is CCCCOC1c2c(c3c(c4c(-c5ccccc5)cc(=O)oc24)OC(C)(C)C=C3)OC(C)C1C. The lowest BCUT2D eigenvalue weighted by atomic mass is 9.84. The summed E-state index contributed by atoms with van der Waals surface area (Å²) in [5.74, 6) is 1.45. The molecule has 5 heteroatoms. The van der Waals surface area contributed by atoms with Crippen molar-refractivity contribution >= 4 is 17.0 Å². The Hall–Kier alpha value is -3.05. The summed E-state index contributed by atoms with van der Waals surface area (Å²) in [6.45, 7) is 11.0. The van der Waals surface area contributed by atoms with Gasteiger partial charge in [-0.1, -0.05) is 50.6 Å². The summed E-state index contributed by atoms with van der Waals surface area (Å²) >= 11 is 0. The molecule has 5 rings (SSSR count). The number of unbranched alkanes of at least 4 members (excludes halogenated alkanes) is 1. The molecule has 2 aromatic carbocycles. The van der Waals surface area contributed by atoms with Crippen molar-refractivity contribution in [3.63, 3.8) is 0 Å². The normalized spacial score (nSPS) is 22.6. The molecule has 0 saturated carbocycles. The zero-order valence-corrected chi connectivity index (χ0v) is 20.5. The predicted molar refractivity (Wildman–Crippen MR) is 135 cm³/mol. The highest BCUT2D eigenvalue weighted by Gasteiger charge is 2.41. The first-order chi connectivity index (χ1) is 16.3. The Labute approximate surface area is 200 Å². The van der Waals surface area contributed by atoms with Gasteiger partial charge < -0.3 is 18.6 Å². The second-order valence-electron chi connectivity index (χ2n) is 9.90. The maximum Gasteiger partial charge on any atom is 0.336 e. The van der Waals surface area contributed by atoms with E-state index >= 15 is 0 Å². The first-order valence-electron chi connectivity index (χ1n) is 12.2. The molecule has 0 N–H and O–H groups in total. The molecule has 3 atom stereocenters. The largest absolute Gasteiger partial charge is 0.489 e. The van der Waals surface area contributed by atoms with Crippen LogP contribution in [-0.2, 0) is 4.74 Å². The van der Waals surface area contributed by atoms with E-state index in [4.69, 9.17) is 18.6 Å². The molecule has 0 saturated heterocycles. The highest BCUT2D eigenvalue weighted by Crippen LogP contribution is 2.54. The number of hydrogen-bond acceptors (Lipinski definition) is 5. The van der Waals surface area contributed by atoms with Gasteiger partial charge in [-0.15, -0.1) is 0 Å². The van der Waals surface area contributed by atoms with Crippen LogP contribution in [0.2, 0.25) is 0 Å². The highest BCUT2D eigenvalue weighted by molar-refractivity contribution is 6.04. The minimum Gasteiger partial charge on any atom is -0.489 e. The first kappa shape index (κ1) is 22.7. The molecule has 34 heavy (non-hydrogen) atoms. The zero-order chi connectivity index (χ0) is 24.0.